The molecule has 0 spiro atoms. The molecule has 2 aliphatic rings. The van der Waals surface area contributed by atoms with Crippen molar-refractivity contribution < 1.29 is 4.79 Å². The average molecular weight is 237 g/mol. The van der Waals surface area contributed by atoms with Crippen LogP contribution in [0.1, 0.15) is 46.5 Å². The molecule has 0 radical (unpaired) electrons. The summed E-state index contributed by atoms with van der Waals surface area (Å²) in [7, 11) is 2.18. The van der Waals surface area contributed by atoms with Crippen LogP contribution in [0.15, 0.2) is 0 Å². The van der Waals surface area contributed by atoms with Crippen molar-refractivity contribution in [2.75, 3.05) is 20.1 Å². The molecule has 0 aromatic heterocycles. The predicted octanol–water partition coefficient (Wildman–Crippen LogP) is 2.97. The first kappa shape index (κ1) is 13.1. The molecular weight excluding hydrogens is 210 g/mol. The highest BCUT2D eigenvalue weighted by atomic mass is 16.1. The molecular formula is C15H27NO. The highest BCUT2D eigenvalue weighted by Crippen LogP contribution is 2.39. The largest absolute Gasteiger partial charge is 0.305 e. The summed E-state index contributed by atoms with van der Waals surface area (Å²) in [4.78, 5) is 14.3. The van der Waals surface area contributed by atoms with Crippen LogP contribution in [0.5, 0.6) is 0 Å². The Morgan fingerprint density at radius 2 is 2.00 bits per heavy atom. The van der Waals surface area contributed by atoms with Gasteiger partial charge in [-0.25, -0.2) is 0 Å². The highest BCUT2D eigenvalue weighted by Gasteiger charge is 2.36. The van der Waals surface area contributed by atoms with Crippen LogP contribution in [0, 0.1) is 23.2 Å². The smallest absolute Gasteiger partial charge is 0.137 e. The SMILES string of the molecule is CC1CC1CN(C)CC1CC(C)(C)CCC1=O. The van der Waals surface area contributed by atoms with Gasteiger partial charge in [0.1, 0.15) is 5.78 Å². The zero-order valence-electron chi connectivity index (χ0n) is 11.8. The Kier molecular flexibility index (Phi) is 3.63. The molecule has 2 heteroatoms. The molecule has 0 aromatic carbocycles. The average Bonchev–Trinajstić information content (AvgIpc) is 2.87. The molecule has 2 saturated carbocycles. The molecule has 2 nitrogen and oxygen atoms in total. The maximum atomic E-state index is 12.0. The summed E-state index contributed by atoms with van der Waals surface area (Å²) in [5, 5.41) is 0. The monoisotopic (exact) mass is 237 g/mol. The van der Waals surface area contributed by atoms with Crippen molar-refractivity contribution in [3.63, 3.8) is 0 Å². The minimum atomic E-state index is 0.290. The fraction of sp³-hybridized carbons (Fsp3) is 0.933. The van der Waals surface area contributed by atoms with E-state index in [0.29, 0.717) is 11.2 Å². The molecule has 3 unspecified atom stereocenters. The molecule has 0 heterocycles. The molecule has 0 aromatic rings. The molecule has 0 aliphatic heterocycles. The highest BCUT2D eigenvalue weighted by molar-refractivity contribution is 5.82. The Balaban J connectivity index is 1.81. The van der Waals surface area contributed by atoms with Gasteiger partial charge in [-0.05, 0) is 43.6 Å². The van der Waals surface area contributed by atoms with Gasteiger partial charge in [0.25, 0.3) is 0 Å². The topological polar surface area (TPSA) is 20.3 Å². The van der Waals surface area contributed by atoms with E-state index in [2.05, 4.69) is 32.7 Å². The van der Waals surface area contributed by atoms with Crippen LogP contribution >= 0.6 is 0 Å². The summed E-state index contributed by atoms with van der Waals surface area (Å²) in [6.45, 7) is 9.09. The van der Waals surface area contributed by atoms with Gasteiger partial charge in [-0.3, -0.25) is 4.79 Å². The lowest BCUT2D eigenvalue weighted by Gasteiger charge is -2.36. The number of nitrogens with zero attached hydrogens (tertiary/aromatic N) is 1. The summed E-state index contributed by atoms with van der Waals surface area (Å²) in [6.07, 6.45) is 4.34. The Labute approximate surface area is 106 Å². The van der Waals surface area contributed by atoms with Crippen LogP contribution in [0.3, 0.4) is 0 Å². The van der Waals surface area contributed by atoms with Gasteiger partial charge in [0.05, 0.1) is 0 Å². The molecule has 0 saturated heterocycles. The maximum absolute atomic E-state index is 12.0. The molecule has 17 heavy (non-hydrogen) atoms. The number of hydrogen-bond acceptors (Lipinski definition) is 2. The minimum absolute atomic E-state index is 0.290. The lowest BCUT2D eigenvalue weighted by molar-refractivity contribution is -0.127. The molecule has 98 valence electrons. The number of Topliss-reactive ketones (excluding diaryl/α,β-unsaturated/α-hetero) is 1. The molecule has 0 N–H and O–H groups in total. The molecule has 3 atom stereocenters. The molecule has 0 amide bonds. The van der Waals surface area contributed by atoms with Crippen molar-refractivity contribution in [1.29, 1.82) is 0 Å². The maximum Gasteiger partial charge on any atom is 0.137 e. The van der Waals surface area contributed by atoms with Gasteiger partial charge in [-0.2, -0.15) is 0 Å². The van der Waals surface area contributed by atoms with Gasteiger partial charge in [0, 0.05) is 25.4 Å². The van der Waals surface area contributed by atoms with Crippen molar-refractivity contribution in [2.24, 2.45) is 23.2 Å². The minimum Gasteiger partial charge on any atom is -0.305 e. The van der Waals surface area contributed by atoms with Crippen LogP contribution < -0.4 is 0 Å². The number of rotatable bonds is 4. The van der Waals surface area contributed by atoms with E-state index >= 15 is 0 Å². The second-order valence-electron chi connectivity index (χ2n) is 7.23. The zero-order chi connectivity index (χ0) is 12.6. The number of hydrogen-bond donors (Lipinski definition) is 0. The normalized spacial score (nSPS) is 36.3. The van der Waals surface area contributed by atoms with Gasteiger partial charge < -0.3 is 4.90 Å². The fourth-order valence-electron chi connectivity index (χ4n) is 3.22. The quantitative estimate of drug-likeness (QED) is 0.749. The van der Waals surface area contributed by atoms with E-state index < -0.39 is 0 Å². The fourth-order valence-corrected chi connectivity index (χ4v) is 3.22. The third-order valence-electron chi connectivity index (χ3n) is 4.66. The van der Waals surface area contributed by atoms with Gasteiger partial charge in [-0.1, -0.05) is 20.8 Å². The van der Waals surface area contributed by atoms with E-state index in [4.69, 9.17) is 0 Å². The third kappa shape index (κ3) is 3.54. The van der Waals surface area contributed by atoms with Crippen molar-refractivity contribution in [1.82, 2.24) is 4.90 Å². The van der Waals surface area contributed by atoms with Crippen LogP contribution in [0.4, 0.5) is 0 Å². The summed E-state index contributed by atoms with van der Waals surface area (Å²) < 4.78 is 0. The van der Waals surface area contributed by atoms with Crippen LogP contribution in [-0.2, 0) is 4.79 Å². The first-order valence-electron chi connectivity index (χ1n) is 7.09. The van der Waals surface area contributed by atoms with Crippen molar-refractivity contribution in [3.8, 4) is 0 Å². The molecule has 2 rings (SSSR count). The zero-order valence-corrected chi connectivity index (χ0v) is 11.8. The predicted molar refractivity (Wildman–Crippen MR) is 70.9 cm³/mol. The second-order valence-corrected chi connectivity index (χ2v) is 7.23. The Morgan fingerprint density at radius 3 is 2.59 bits per heavy atom. The van der Waals surface area contributed by atoms with Gasteiger partial charge >= 0.3 is 0 Å². The van der Waals surface area contributed by atoms with Crippen molar-refractivity contribution >= 4 is 5.78 Å². The second kappa shape index (κ2) is 4.72. The molecule has 0 bridgehead atoms. The van der Waals surface area contributed by atoms with E-state index in [1.807, 2.05) is 0 Å². The third-order valence-corrected chi connectivity index (χ3v) is 4.66. The Bertz CT molecular complexity index is 297. The number of ketones is 1. The first-order valence-corrected chi connectivity index (χ1v) is 7.09. The van der Waals surface area contributed by atoms with E-state index in [0.717, 1.165) is 37.6 Å². The van der Waals surface area contributed by atoms with Crippen LogP contribution in [0.25, 0.3) is 0 Å². The number of carbonyl (C=O) groups is 1. The van der Waals surface area contributed by atoms with E-state index in [1.165, 1.54) is 13.0 Å². The van der Waals surface area contributed by atoms with E-state index in [-0.39, 0.29) is 5.92 Å². The van der Waals surface area contributed by atoms with Crippen LogP contribution in [-0.4, -0.2) is 30.8 Å². The van der Waals surface area contributed by atoms with E-state index in [1.54, 1.807) is 0 Å². The van der Waals surface area contributed by atoms with Gasteiger partial charge in [-0.15, -0.1) is 0 Å². The molecule has 2 fully saturated rings. The lowest BCUT2D eigenvalue weighted by Crippen LogP contribution is -2.38. The van der Waals surface area contributed by atoms with Crippen molar-refractivity contribution in [3.05, 3.63) is 0 Å². The first-order chi connectivity index (χ1) is 7.87. The standard InChI is InChI=1S/C15H27NO/c1-11-7-12(11)9-16(4)10-13-8-15(2,3)6-5-14(13)17/h11-13H,5-10H2,1-4H3. The van der Waals surface area contributed by atoms with Gasteiger partial charge in [0.15, 0.2) is 0 Å². The summed E-state index contributed by atoms with van der Waals surface area (Å²) in [5.74, 6) is 2.60. The summed E-state index contributed by atoms with van der Waals surface area (Å²) in [6, 6.07) is 0. The summed E-state index contributed by atoms with van der Waals surface area (Å²) >= 11 is 0. The lowest BCUT2D eigenvalue weighted by atomic mass is 9.71. The summed E-state index contributed by atoms with van der Waals surface area (Å²) in [5.41, 5.74) is 0.367. The Morgan fingerprint density at radius 1 is 1.35 bits per heavy atom. The van der Waals surface area contributed by atoms with Gasteiger partial charge in [0.2, 0.25) is 0 Å². The molecule has 2 aliphatic carbocycles. The van der Waals surface area contributed by atoms with E-state index in [9.17, 15) is 4.79 Å². The van der Waals surface area contributed by atoms with Crippen molar-refractivity contribution in [2.45, 2.75) is 46.5 Å². The Hall–Kier alpha value is -0.370. The van der Waals surface area contributed by atoms with Crippen LogP contribution in [0.2, 0.25) is 0 Å². The number of carbonyl (C=O) groups excluding carboxylic acids is 1.